The Morgan fingerprint density at radius 1 is 1.02 bits per heavy atom. The molecule has 210 valence electrons. The summed E-state index contributed by atoms with van der Waals surface area (Å²) in [6, 6.07) is 20.2. The number of esters is 1. The van der Waals surface area contributed by atoms with Crippen molar-refractivity contribution < 1.29 is 18.7 Å². The SMILES string of the molecule is COC(=O)Cc1ccc2c(c1)CCCC(c1ccc(Cl)cc1Cl)=C2c1ccc(O[C@H]2CCN(CCCF)C2)cc1. The third-order valence-electron chi connectivity index (χ3n) is 7.73. The number of nitrogens with zero attached hydrogens (tertiary/aromatic N) is 1. The second kappa shape index (κ2) is 13.2. The Labute approximate surface area is 245 Å². The van der Waals surface area contributed by atoms with E-state index < -0.39 is 0 Å². The van der Waals surface area contributed by atoms with E-state index in [2.05, 4.69) is 29.2 Å². The first-order chi connectivity index (χ1) is 19.4. The van der Waals surface area contributed by atoms with Crippen molar-refractivity contribution in [3.05, 3.63) is 98.5 Å². The summed E-state index contributed by atoms with van der Waals surface area (Å²) in [6.07, 6.45) is 4.57. The van der Waals surface area contributed by atoms with Crippen molar-refractivity contribution in [2.45, 2.75) is 44.6 Å². The summed E-state index contributed by atoms with van der Waals surface area (Å²) >= 11 is 13.0. The Balaban J connectivity index is 1.50. The van der Waals surface area contributed by atoms with Crippen LogP contribution in [0.25, 0.3) is 11.1 Å². The zero-order valence-corrected chi connectivity index (χ0v) is 24.2. The van der Waals surface area contributed by atoms with Crippen LogP contribution < -0.4 is 4.74 Å². The summed E-state index contributed by atoms with van der Waals surface area (Å²) in [4.78, 5) is 14.2. The van der Waals surface area contributed by atoms with E-state index in [0.29, 0.717) is 16.5 Å². The Morgan fingerprint density at radius 2 is 1.82 bits per heavy atom. The third kappa shape index (κ3) is 6.71. The fourth-order valence-electron chi connectivity index (χ4n) is 5.80. The number of alkyl halides is 1. The van der Waals surface area contributed by atoms with Crippen LogP contribution in [-0.4, -0.2) is 50.4 Å². The van der Waals surface area contributed by atoms with Crippen LogP contribution in [0.15, 0.2) is 60.7 Å². The average Bonchev–Trinajstić information content (AvgIpc) is 3.31. The van der Waals surface area contributed by atoms with Gasteiger partial charge in [0.25, 0.3) is 0 Å². The molecule has 40 heavy (non-hydrogen) atoms. The maximum Gasteiger partial charge on any atom is 0.309 e. The van der Waals surface area contributed by atoms with Gasteiger partial charge < -0.3 is 9.47 Å². The summed E-state index contributed by atoms with van der Waals surface area (Å²) in [6.45, 7) is 2.27. The maximum atomic E-state index is 12.6. The number of rotatable bonds is 9. The van der Waals surface area contributed by atoms with Crippen molar-refractivity contribution in [1.29, 1.82) is 0 Å². The molecule has 0 amide bonds. The number of fused-ring (bicyclic) bond motifs is 1. The topological polar surface area (TPSA) is 38.8 Å². The molecule has 0 radical (unpaired) electrons. The average molecular weight is 583 g/mol. The maximum absolute atomic E-state index is 12.6. The van der Waals surface area contributed by atoms with Crippen molar-refractivity contribution >= 4 is 40.3 Å². The molecular weight excluding hydrogens is 548 g/mol. The molecule has 0 aromatic heterocycles. The number of aryl methyl sites for hydroxylation is 1. The van der Waals surface area contributed by atoms with Gasteiger partial charge in [0.2, 0.25) is 0 Å². The molecule has 2 aliphatic rings. The molecule has 1 aliphatic heterocycles. The first-order valence-electron chi connectivity index (χ1n) is 13.9. The number of halogens is 3. The highest BCUT2D eigenvalue weighted by Gasteiger charge is 2.25. The van der Waals surface area contributed by atoms with E-state index in [4.69, 9.17) is 32.7 Å². The molecule has 3 aromatic rings. The number of allylic oxidation sites excluding steroid dienone is 1. The molecule has 1 saturated heterocycles. The molecule has 0 bridgehead atoms. The van der Waals surface area contributed by atoms with Gasteiger partial charge in [-0.2, -0.15) is 0 Å². The van der Waals surface area contributed by atoms with E-state index >= 15 is 0 Å². The van der Waals surface area contributed by atoms with Gasteiger partial charge in [0, 0.05) is 29.7 Å². The number of hydrogen-bond donors (Lipinski definition) is 0. The Bertz CT molecular complexity index is 1390. The van der Waals surface area contributed by atoms with E-state index in [0.717, 1.165) is 78.9 Å². The number of carbonyl (C=O) groups excluding carboxylic acids is 1. The molecule has 4 nitrogen and oxygen atoms in total. The zero-order valence-electron chi connectivity index (χ0n) is 22.7. The molecule has 1 aliphatic carbocycles. The fraction of sp³-hybridized carbons (Fsp3) is 0.364. The number of hydrogen-bond acceptors (Lipinski definition) is 4. The van der Waals surface area contributed by atoms with Gasteiger partial charge in [-0.25, -0.2) is 0 Å². The van der Waals surface area contributed by atoms with Crippen LogP contribution in [0.5, 0.6) is 5.75 Å². The van der Waals surface area contributed by atoms with Gasteiger partial charge in [-0.15, -0.1) is 0 Å². The molecular formula is C33H34Cl2FNO3. The second-order valence-corrected chi connectivity index (χ2v) is 11.3. The van der Waals surface area contributed by atoms with Gasteiger partial charge >= 0.3 is 5.97 Å². The first kappa shape index (κ1) is 28.7. The van der Waals surface area contributed by atoms with Gasteiger partial charge in [-0.05, 0) is 95.3 Å². The highest BCUT2D eigenvalue weighted by molar-refractivity contribution is 6.36. The molecule has 0 unspecified atom stereocenters. The number of carbonyl (C=O) groups is 1. The van der Waals surface area contributed by atoms with Crippen molar-refractivity contribution in [2.75, 3.05) is 33.4 Å². The number of likely N-dealkylation sites (tertiary alicyclic amines) is 1. The van der Waals surface area contributed by atoms with Crippen LogP contribution in [0.1, 0.15) is 53.5 Å². The van der Waals surface area contributed by atoms with Crippen LogP contribution >= 0.6 is 23.2 Å². The second-order valence-electron chi connectivity index (χ2n) is 10.5. The van der Waals surface area contributed by atoms with Gasteiger partial charge in [-0.1, -0.05) is 59.6 Å². The van der Waals surface area contributed by atoms with Crippen LogP contribution in [0.2, 0.25) is 10.0 Å². The lowest BCUT2D eigenvalue weighted by Gasteiger charge is -2.19. The molecule has 0 N–H and O–H groups in total. The number of methoxy groups -OCH3 is 1. The summed E-state index contributed by atoms with van der Waals surface area (Å²) < 4.78 is 23.8. The van der Waals surface area contributed by atoms with Crippen molar-refractivity contribution in [3.8, 4) is 5.75 Å². The summed E-state index contributed by atoms with van der Waals surface area (Å²) in [5.41, 5.74) is 7.65. The highest BCUT2D eigenvalue weighted by atomic mass is 35.5. The third-order valence-corrected chi connectivity index (χ3v) is 8.28. The fourth-order valence-corrected chi connectivity index (χ4v) is 6.32. The van der Waals surface area contributed by atoms with Crippen LogP contribution in [0.3, 0.4) is 0 Å². The molecule has 7 heteroatoms. The number of ether oxygens (including phenoxy) is 2. The smallest absolute Gasteiger partial charge is 0.309 e. The monoisotopic (exact) mass is 581 g/mol. The summed E-state index contributed by atoms with van der Waals surface area (Å²) in [5, 5.41) is 1.23. The van der Waals surface area contributed by atoms with Gasteiger partial charge in [0.15, 0.2) is 0 Å². The molecule has 1 atom stereocenters. The Kier molecular flexibility index (Phi) is 9.46. The van der Waals surface area contributed by atoms with Gasteiger partial charge in [0.1, 0.15) is 11.9 Å². The predicted molar refractivity (Wildman–Crippen MR) is 160 cm³/mol. The van der Waals surface area contributed by atoms with Gasteiger partial charge in [-0.3, -0.25) is 14.1 Å². The Morgan fingerprint density at radius 3 is 2.58 bits per heavy atom. The lowest BCUT2D eigenvalue weighted by molar-refractivity contribution is -0.139. The van der Waals surface area contributed by atoms with Crippen LogP contribution in [0, 0.1) is 0 Å². The van der Waals surface area contributed by atoms with Crippen molar-refractivity contribution in [3.63, 3.8) is 0 Å². The van der Waals surface area contributed by atoms with E-state index in [1.54, 1.807) is 6.07 Å². The standard InChI is InChI=1S/C33H34Cl2FNO3/c1-39-32(38)19-22-6-12-28-24(18-22)4-2-5-30(29-13-9-25(34)20-31(29)35)33(28)23-7-10-26(11-8-23)40-27-14-17-37(21-27)16-3-15-36/h6-13,18,20,27H,2-5,14-17,19,21H2,1H3/t27-/m0/s1. The lowest BCUT2D eigenvalue weighted by Crippen LogP contribution is -2.26. The summed E-state index contributed by atoms with van der Waals surface area (Å²) in [7, 11) is 1.41. The first-order valence-corrected chi connectivity index (χ1v) is 14.6. The quantitative estimate of drug-likeness (QED) is 0.241. The minimum absolute atomic E-state index is 0.111. The minimum Gasteiger partial charge on any atom is -0.489 e. The lowest BCUT2D eigenvalue weighted by atomic mass is 9.87. The normalized spacial score (nSPS) is 17.4. The minimum atomic E-state index is -0.279. The van der Waals surface area contributed by atoms with E-state index in [1.807, 2.05) is 30.3 Å². The molecule has 1 fully saturated rings. The summed E-state index contributed by atoms with van der Waals surface area (Å²) in [5.74, 6) is 0.580. The highest BCUT2D eigenvalue weighted by Crippen LogP contribution is 2.42. The van der Waals surface area contributed by atoms with Crippen molar-refractivity contribution in [2.24, 2.45) is 0 Å². The van der Waals surface area contributed by atoms with E-state index in [-0.39, 0.29) is 25.2 Å². The van der Waals surface area contributed by atoms with Crippen molar-refractivity contribution in [1.82, 2.24) is 4.90 Å². The zero-order chi connectivity index (χ0) is 28.1. The van der Waals surface area contributed by atoms with E-state index in [9.17, 15) is 9.18 Å². The molecule has 3 aromatic carbocycles. The van der Waals surface area contributed by atoms with Crippen LogP contribution in [0.4, 0.5) is 4.39 Å². The predicted octanol–water partition coefficient (Wildman–Crippen LogP) is 7.82. The van der Waals surface area contributed by atoms with Crippen LogP contribution in [-0.2, 0) is 22.4 Å². The molecule has 0 saturated carbocycles. The largest absolute Gasteiger partial charge is 0.489 e. The molecule has 1 heterocycles. The Hall–Kier alpha value is -2.86. The van der Waals surface area contributed by atoms with E-state index in [1.165, 1.54) is 18.2 Å². The molecule has 0 spiro atoms. The molecule has 5 rings (SSSR count). The van der Waals surface area contributed by atoms with Gasteiger partial charge in [0.05, 0.1) is 20.2 Å². The number of benzene rings is 3.